The molecule has 1 saturated heterocycles. The number of rotatable bonds is 4. The fourth-order valence-electron chi connectivity index (χ4n) is 4.13. The van der Waals surface area contributed by atoms with Crippen molar-refractivity contribution >= 4 is 40.7 Å². The zero-order valence-electron chi connectivity index (χ0n) is 18.1. The number of piperidine rings is 1. The number of carbonyl (C=O) groups excluding carboxylic acids is 1. The van der Waals surface area contributed by atoms with E-state index in [-0.39, 0.29) is 30.2 Å². The van der Waals surface area contributed by atoms with Gasteiger partial charge in [-0.05, 0) is 69.4 Å². The highest BCUT2D eigenvalue weighted by Crippen LogP contribution is 2.32. The number of hydrogen-bond donors (Lipinski definition) is 1. The first-order valence-corrected chi connectivity index (χ1v) is 10.6. The number of pyridine rings is 2. The van der Waals surface area contributed by atoms with Crippen LogP contribution >= 0.6 is 12.4 Å². The molecule has 3 aromatic rings. The van der Waals surface area contributed by atoms with E-state index in [2.05, 4.69) is 22.2 Å². The monoisotopic (exact) mass is 442 g/mol. The number of aromatic nitrogens is 2. The zero-order valence-corrected chi connectivity index (χ0v) is 18.9. The van der Waals surface area contributed by atoms with Crippen LogP contribution in [0.1, 0.15) is 54.2 Å². The predicted molar refractivity (Wildman–Crippen MR) is 125 cm³/mol. The Bertz CT molecular complexity index is 1100. The number of benzene rings is 1. The van der Waals surface area contributed by atoms with E-state index < -0.39 is 0 Å². The maximum atomic E-state index is 14.2. The molecule has 7 heteroatoms. The lowest BCUT2D eigenvalue weighted by molar-refractivity contribution is 0.0609. The van der Waals surface area contributed by atoms with Crippen molar-refractivity contribution in [2.75, 3.05) is 11.9 Å². The lowest BCUT2D eigenvalue weighted by Crippen LogP contribution is -2.43. The number of fused-ring (bicyclic) bond motifs is 1. The molecule has 1 atom stereocenters. The van der Waals surface area contributed by atoms with Crippen LogP contribution < -0.4 is 5.32 Å². The molecule has 1 aromatic carbocycles. The third-order valence-corrected chi connectivity index (χ3v) is 5.90. The summed E-state index contributed by atoms with van der Waals surface area (Å²) in [4.78, 5) is 24.5. The van der Waals surface area contributed by atoms with Gasteiger partial charge in [-0.15, -0.1) is 12.4 Å². The summed E-state index contributed by atoms with van der Waals surface area (Å²) in [6.07, 6.45) is 5.71. The van der Waals surface area contributed by atoms with Crippen molar-refractivity contribution in [3.05, 3.63) is 59.2 Å². The Morgan fingerprint density at radius 1 is 1.23 bits per heavy atom. The molecule has 1 unspecified atom stereocenters. The topological polar surface area (TPSA) is 58.1 Å². The fraction of sp³-hybridized carbons (Fsp3) is 0.375. The number of carbonyl (C=O) groups is 1. The van der Waals surface area contributed by atoms with E-state index in [0.29, 0.717) is 28.1 Å². The van der Waals surface area contributed by atoms with Crippen LogP contribution in [0.15, 0.2) is 36.5 Å². The van der Waals surface area contributed by atoms with Crippen LogP contribution in [0.5, 0.6) is 0 Å². The van der Waals surface area contributed by atoms with E-state index in [1.54, 1.807) is 19.2 Å². The molecule has 0 spiro atoms. The largest absolute Gasteiger partial charge is 0.354 e. The smallest absolute Gasteiger partial charge is 0.257 e. The summed E-state index contributed by atoms with van der Waals surface area (Å²) in [5.74, 6) is -0.325. The standard InChI is InChI=1S/C24H27FN4O.ClH/c1-4-18-7-5-6-12-29(18)24(30)20-14-26-23-19(11-9-16(3)27-23)22(20)28-17-10-8-15(2)21(25)13-17;/h8-11,13-14,18H,4-7,12H2,1-3H3,(H,26,27,28);1H. The van der Waals surface area contributed by atoms with Crippen LogP contribution in [0.4, 0.5) is 15.8 Å². The van der Waals surface area contributed by atoms with Gasteiger partial charge in [-0.25, -0.2) is 14.4 Å². The van der Waals surface area contributed by atoms with Crippen LogP contribution in [-0.4, -0.2) is 33.4 Å². The molecule has 1 amide bonds. The third-order valence-electron chi connectivity index (χ3n) is 5.90. The SMILES string of the molecule is CCC1CCCCN1C(=O)c1cnc2nc(C)ccc2c1Nc1ccc(C)c(F)c1.Cl. The molecule has 0 saturated carbocycles. The highest BCUT2D eigenvalue weighted by atomic mass is 35.5. The van der Waals surface area contributed by atoms with Gasteiger partial charge < -0.3 is 10.2 Å². The van der Waals surface area contributed by atoms with Crippen molar-refractivity contribution in [3.8, 4) is 0 Å². The van der Waals surface area contributed by atoms with Gasteiger partial charge in [0.15, 0.2) is 5.65 Å². The van der Waals surface area contributed by atoms with E-state index in [0.717, 1.165) is 43.3 Å². The van der Waals surface area contributed by atoms with Crippen LogP contribution in [0.3, 0.4) is 0 Å². The molecular formula is C24H28ClFN4O. The molecule has 1 aliphatic rings. The lowest BCUT2D eigenvalue weighted by Gasteiger charge is -2.35. The van der Waals surface area contributed by atoms with E-state index in [4.69, 9.17) is 0 Å². The number of anilines is 2. The van der Waals surface area contributed by atoms with Gasteiger partial charge in [-0.1, -0.05) is 13.0 Å². The summed E-state index contributed by atoms with van der Waals surface area (Å²) in [5, 5.41) is 4.04. The molecule has 1 aliphatic heterocycles. The van der Waals surface area contributed by atoms with E-state index in [9.17, 15) is 9.18 Å². The van der Waals surface area contributed by atoms with Crippen molar-refractivity contribution < 1.29 is 9.18 Å². The van der Waals surface area contributed by atoms with Crippen LogP contribution in [0, 0.1) is 19.7 Å². The maximum absolute atomic E-state index is 14.2. The van der Waals surface area contributed by atoms with Crippen molar-refractivity contribution in [2.24, 2.45) is 0 Å². The third kappa shape index (κ3) is 4.64. The number of nitrogens with one attached hydrogen (secondary N) is 1. The zero-order chi connectivity index (χ0) is 21.3. The molecule has 2 aromatic heterocycles. The summed E-state index contributed by atoms with van der Waals surface area (Å²) in [6.45, 7) is 6.50. The van der Waals surface area contributed by atoms with Crippen LogP contribution in [0.25, 0.3) is 11.0 Å². The Kier molecular flexibility index (Phi) is 7.11. The van der Waals surface area contributed by atoms with Gasteiger partial charge in [0.05, 0.1) is 11.3 Å². The number of halogens is 2. The first-order valence-electron chi connectivity index (χ1n) is 10.6. The first-order chi connectivity index (χ1) is 14.5. The summed E-state index contributed by atoms with van der Waals surface area (Å²) < 4.78 is 14.2. The van der Waals surface area contributed by atoms with Crippen LogP contribution in [-0.2, 0) is 0 Å². The van der Waals surface area contributed by atoms with Gasteiger partial charge in [0.25, 0.3) is 5.91 Å². The molecule has 4 rings (SSSR count). The molecule has 0 radical (unpaired) electrons. The van der Waals surface area contributed by atoms with Gasteiger partial charge in [-0.3, -0.25) is 4.79 Å². The minimum absolute atomic E-state index is 0. The Morgan fingerprint density at radius 3 is 2.77 bits per heavy atom. The fourth-order valence-corrected chi connectivity index (χ4v) is 4.13. The maximum Gasteiger partial charge on any atom is 0.257 e. The van der Waals surface area contributed by atoms with Crippen molar-refractivity contribution in [3.63, 3.8) is 0 Å². The normalized spacial score (nSPS) is 16.1. The Hall–Kier alpha value is -2.73. The minimum atomic E-state index is -0.290. The van der Waals surface area contributed by atoms with Crippen molar-refractivity contribution in [2.45, 2.75) is 52.5 Å². The average molecular weight is 443 g/mol. The highest BCUT2D eigenvalue weighted by Gasteiger charge is 2.28. The minimum Gasteiger partial charge on any atom is -0.354 e. The Morgan fingerprint density at radius 2 is 2.03 bits per heavy atom. The molecule has 1 N–H and O–H groups in total. The molecular weight excluding hydrogens is 415 g/mol. The highest BCUT2D eigenvalue weighted by molar-refractivity contribution is 6.07. The number of nitrogens with zero attached hydrogens (tertiary/aromatic N) is 3. The lowest BCUT2D eigenvalue weighted by atomic mass is 9.98. The number of likely N-dealkylation sites (tertiary alicyclic amines) is 1. The van der Waals surface area contributed by atoms with Gasteiger partial charge in [0.1, 0.15) is 5.82 Å². The van der Waals surface area contributed by atoms with E-state index in [1.165, 1.54) is 6.07 Å². The summed E-state index contributed by atoms with van der Waals surface area (Å²) in [7, 11) is 0. The van der Waals surface area contributed by atoms with Gasteiger partial charge in [0.2, 0.25) is 0 Å². The molecule has 0 bridgehead atoms. The Balaban J connectivity index is 0.00000272. The van der Waals surface area contributed by atoms with Crippen molar-refractivity contribution in [1.82, 2.24) is 14.9 Å². The number of aryl methyl sites for hydroxylation is 2. The number of amides is 1. The van der Waals surface area contributed by atoms with E-state index >= 15 is 0 Å². The predicted octanol–water partition coefficient (Wildman–Crippen LogP) is 5.96. The van der Waals surface area contributed by atoms with E-state index in [1.807, 2.05) is 30.0 Å². The van der Waals surface area contributed by atoms with Gasteiger partial charge in [-0.2, -0.15) is 0 Å². The second kappa shape index (κ2) is 9.60. The first kappa shape index (κ1) is 22.9. The molecule has 3 heterocycles. The summed E-state index contributed by atoms with van der Waals surface area (Å²) in [6, 6.07) is 9.05. The Labute approximate surface area is 188 Å². The molecule has 164 valence electrons. The summed E-state index contributed by atoms with van der Waals surface area (Å²) >= 11 is 0. The summed E-state index contributed by atoms with van der Waals surface area (Å²) in [5.41, 5.74) is 3.70. The second-order valence-electron chi connectivity index (χ2n) is 8.02. The van der Waals surface area contributed by atoms with Crippen LogP contribution in [0.2, 0.25) is 0 Å². The number of hydrogen-bond acceptors (Lipinski definition) is 4. The van der Waals surface area contributed by atoms with Gasteiger partial charge in [0, 0.05) is 35.6 Å². The quantitative estimate of drug-likeness (QED) is 0.541. The second-order valence-corrected chi connectivity index (χ2v) is 8.02. The molecule has 5 nitrogen and oxygen atoms in total. The van der Waals surface area contributed by atoms with Gasteiger partial charge >= 0.3 is 0 Å². The van der Waals surface area contributed by atoms with Crippen molar-refractivity contribution in [1.29, 1.82) is 0 Å². The molecule has 31 heavy (non-hydrogen) atoms. The molecule has 1 fully saturated rings. The average Bonchev–Trinajstić information content (AvgIpc) is 2.75. The molecule has 0 aliphatic carbocycles.